The SMILES string of the molecule is CI.COc1ccccc1C(=O)OCC1CCCN2CCCCC12. The molecule has 2 aliphatic heterocycles. The summed E-state index contributed by atoms with van der Waals surface area (Å²) >= 11 is 2.15. The number of hydrogen-bond donors (Lipinski definition) is 0. The van der Waals surface area contributed by atoms with E-state index in [2.05, 4.69) is 27.5 Å². The van der Waals surface area contributed by atoms with Gasteiger partial charge < -0.3 is 9.47 Å². The van der Waals surface area contributed by atoms with Gasteiger partial charge in [-0.3, -0.25) is 4.90 Å². The Morgan fingerprint density at radius 3 is 2.71 bits per heavy atom. The molecule has 0 bridgehead atoms. The second-order valence-corrected chi connectivity index (χ2v) is 6.30. The van der Waals surface area contributed by atoms with Crippen LogP contribution in [0.25, 0.3) is 0 Å². The minimum atomic E-state index is -0.273. The van der Waals surface area contributed by atoms with Crippen LogP contribution in [0.2, 0.25) is 0 Å². The number of carbonyl (C=O) groups is 1. The highest BCUT2D eigenvalue weighted by Gasteiger charge is 2.33. The van der Waals surface area contributed by atoms with Crippen LogP contribution >= 0.6 is 22.6 Å². The van der Waals surface area contributed by atoms with Crippen LogP contribution in [0.5, 0.6) is 5.75 Å². The van der Waals surface area contributed by atoms with Crippen LogP contribution in [0.4, 0.5) is 0 Å². The maximum atomic E-state index is 12.3. The molecule has 0 radical (unpaired) electrons. The molecule has 4 nitrogen and oxygen atoms in total. The van der Waals surface area contributed by atoms with Crippen molar-refractivity contribution in [3.8, 4) is 5.75 Å². The molecule has 0 aliphatic carbocycles. The van der Waals surface area contributed by atoms with E-state index < -0.39 is 0 Å². The number of nitrogens with zero attached hydrogens (tertiary/aromatic N) is 1. The first-order valence-corrected chi connectivity index (χ1v) is 10.9. The normalized spacial score (nSPS) is 23.5. The van der Waals surface area contributed by atoms with Crippen molar-refractivity contribution in [1.29, 1.82) is 0 Å². The zero-order valence-electron chi connectivity index (χ0n) is 14.7. The molecule has 2 atom stereocenters. The number of piperidine rings is 2. The molecule has 1 aromatic rings. The van der Waals surface area contributed by atoms with Gasteiger partial charge in [-0.15, -0.1) is 0 Å². The van der Waals surface area contributed by atoms with Gasteiger partial charge >= 0.3 is 5.97 Å². The lowest BCUT2D eigenvalue weighted by atomic mass is 9.84. The van der Waals surface area contributed by atoms with Crippen LogP contribution in [0.1, 0.15) is 42.5 Å². The van der Waals surface area contributed by atoms with Crippen LogP contribution in [0.3, 0.4) is 0 Å². The van der Waals surface area contributed by atoms with Gasteiger partial charge in [0.1, 0.15) is 11.3 Å². The quantitative estimate of drug-likeness (QED) is 0.396. The molecule has 24 heavy (non-hydrogen) atoms. The van der Waals surface area contributed by atoms with E-state index in [9.17, 15) is 4.79 Å². The molecule has 2 fully saturated rings. The van der Waals surface area contributed by atoms with Crippen molar-refractivity contribution in [2.75, 3.05) is 31.7 Å². The molecular weight excluding hydrogens is 417 g/mol. The first-order valence-electron chi connectivity index (χ1n) is 8.71. The zero-order valence-corrected chi connectivity index (χ0v) is 16.8. The maximum absolute atomic E-state index is 12.3. The van der Waals surface area contributed by atoms with Gasteiger partial charge in [0.05, 0.1) is 13.7 Å². The predicted molar refractivity (Wildman–Crippen MR) is 105 cm³/mol. The van der Waals surface area contributed by atoms with Crippen molar-refractivity contribution >= 4 is 28.6 Å². The molecule has 0 aromatic heterocycles. The number of alkyl halides is 1. The summed E-state index contributed by atoms with van der Waals surface area (Å²) in [7, 11) is 1.58. The van der Waals surface area contributed by atoms with E-state index in [1.165, 1.54) is 45.2 Å². The Hall–Kier alpha value is -0.820. The van der Waals surface area contributed by atoms with E-state index in [0.717, 1.165) is 0 Å². The number of halogens is 1. The molecule has 5 heteroatoms. The number of benzene rings is 1. The van der Waals surface area contributed by atoms with Crippen molar-refractivity contribution in [2.45, 2.75) is 38.1 Å². The first-order chi connectivity index (χ1) is 11.8. The summed E-state index contributed by atoms with van der Waals surface area (Å²) in [5.41, 5.74) is 0.515. The van der Waals surface area contributed by atoms with Gasteiger partial charge in [-0.25, -0.2) is 4.79 Å². The van der Waals surface area contributed by atoms with E-state index in [1.54, 1.807) is 19.2 Å². The number of ether oxygens (including phenoxy) is 2. The molecule has 1 aromatic carbocycles. The van der Waals surface area contributed by atoms with E-state index >= 15 is 0 Å². The molecule has 3 rings (SSSR count). The summed E-state index contributed by atoms with van der Waals surface area (Å²) in [5.74, 6) is 0.786. The largest absolute Gasteiger partial charge is 0.496 e. The third kappa shape index (κ3) is 4.85. The number of hydrogen-bond acceptors (Lipinski definition) is 4. The lowest BCUT2D eigenvalue weighted by Gasteiger charge is -2.44. The molecule has 0 amide bonds. The Balaban J connectivity index is 0.00000100. The summed E-state index contributed by atoms with van der Waals surface area (Å²) in [6.07, 6.45) is 6.24. The Kier molecular flexibility index (Phi) is 8.32. The highest BCUT2D eigenvalue weighted by atomic mass is 127. The standard InChI is InChI=1S/C18H25NO3.CH3I/c1-21-17-10-3-2-8-15(17)18(20)22-13-14-7-6-12-19-11-5-4-9-16(14)19;1-2/h2-3,8,10,14,16H,4-7,9,11-13H2,1H3;1H3. The first kappa shape index (κ1) is 19.5. The summed E-state index contributed by atoms with van der Waals surface area (Å²) in [5, 5.41) is 0. The number of methoxy groups -OCH3 is 1. The topological polar surface area (TPSA) is 38.8 Å². The van der Waals surface area contributed by atoms with Crippen molar-refractivity contribution in [1.82, 2.24) is 4.90 Å². The van der Waals surface area contributed by atoms with E-state index in [1.807, 2.05) is 17.1 Å². The average Bonchev–Trinajstić information content (AvgIpc) is 2.67. The molecule has 0 spiro atoms. The van der Waals surface area contributed by atoms with Crippen LogP contribution in [0.15, 0.2) is 24.3 Å². The van der Waals surface area contributed by atoms with Crippen LogP contribution in [-0.2, 0) is 4.74 Å². The molecule has 2 saturated heterocycles. The number of rotatable bonds is 4. The smallest absolute Gasteiger partial charge is 0.341 e. The molecule has 2 heterocycles. The lowest BCUT2D eigenvalue weighted by molar-refractivity contribution is 0.00722. The van der Waals surface area contributed by atoms with Crippen molar-refractivity contribution < 1.29 is 14.3 Å². The molecule has 2 aliphatic rings. The monoisotopic (exact) mass is 445 g/mol. The number of fused-ring (bicyclic) bond motifs is 1. The fourth-order valence-electron chi connectivity index (χ4n) is 3.85. The van der Waals surface area contributed by atoms with E-state index in [0.29, 0.717) is 29.9 Å². The van der Waals surface area contributed by atoms with Crippen LogP contribution in [-0.4, -0.2) is 48.6 Å². The van der Waals surface area contributed by atoms with Gasteiger partial charge in [0, 0.05) is 12.0 Å². The fourth-order valence-corrected chi connectivity index (χ4v) is 3.85. The molecule has 2 unspecified atom stereocenters. The lowest BCUT2D eigenvalue weighted by Crippen LogP contribution is -2.49. The number of para-hydroxylation sites is 1. The fraction of sp³-hybridized carbons (Fsp3) is 0.632. The summed E-state index contributed by atoms with van der Waals surface area (Å²) in [6, 6.07) is 7.85. The van der Waals surface area contributed by atoms with E-state index in [4.69, 9.17) is 9.47 Å². The Bertz CT molecular complexity index is 521. The minimum Gasteiger partial charge on any atom is -0.496 e. The summed E-state index contributed by atoms with van der Waals surface area (Å²) in [6.45, 7) is 2.95. The van der Waals surface area contributed by atoms with E-state index in [-0.39, 0.29) is 5.97 Å². The van der Waals surface area contributed by atoms with Gasteiger partial charge in [0.15, 0.2) is 0 Å². The second-order valence-electron chi connectivity index (χ2n) is 6.30. The minimum absolute atomic E-state index is 0.273. The molecule has 0 N–H and O–H groups in total. The molecular formula is C19H28INO3. The van der Waals surface area contributed by atoms with Gasteiger partial charge in [-0.2, -0.15) is 0 Å². The highest BCUT2D eigenvalue weighted by Crippen LogP contribution is 2.31. The van der Waals surface area contributed by atoms with Gasteiger partial charge in [-0.05, 0) is 55.8 Å². The van der Waals surface area contributed by atoms with Crippen LogP contribution in [0, 0.1) is 5.92 Å². The van der Waals surface area contributed by atoms with Crippen molar-refractivity contribution in [3.63, 3.8) is 0 Å². The molecule has 0 saturated carbocycles. The second kappa shape index (κ2) is 10.2. The number of carbonyl (C=O) groups excluding carboxylic acids is 1. The van der Waals surface area contributed by atoms with Gasteiger partial charge in [0.2, 0.25) is 0 Å². The zero-order chi connectivity index (χ0) is 17.4. The molecule has 134 valence electrons. The summed E-state index contributed by atoms with van der Waals surface area (Å²) < 4.78 is 10.8. The number of esters is 1. The maximum Gasteiger partial charge on any atom is 0.341 e. The Morgan fingerprint density at radius 2 is 1.92 bits per heavy atom. The summed E-state index contributed by atoms with van der Waals surface area (Å²) in [4.78, 5) is 16.9. The predicted octanol–water partition coefficient (Wildman–Crippen LogP) is 4.17. The van der Waals surface area contributed by atoms with Crippen molar-refractivity contribution in [3.05, 3.63) is 29.8 Å². The van der Waals surface area contributed by atoms with Gasteiger partial charge in [-0.1, -0.05) is 41.1 Å². The Labute approximate surface area is 159 Å². The highest BCUT2D eigenvalue weighted by molar-refractivity contribution is 14.1. The van der Waals surface area contributed by atoms with Crippen LogP contribution < -0.4 is 4.74 Å². The van der Waals surface area contributed by atoms with Crippen molar-refractivity contribution in [2.24, 2.45) is 5.92 Å². The van der Waals surface area contributed by atoms with Gasteiger partial charge in [0.25, 0.3) is 0 Å². The third-order valence-electron chi connectivity index (χ3n) is 4.98. The third-order valence-corrected chi connectivity index (χ3v) is 4.98. The average molecular weight is 445 g/mol. The Morgan fingerprint density at radius 1 is 1.17 bits per heavy atom.